The predicted molar refractivity (Wildman–Crippen MR) is 105 cm³/mol. The first-order valence-corrected chi connectivity index (χ1v) is 8.87. The number of carbonyl (C=O) groups excluding carboxylic acids is 1. The number of nitrogens with zero attached hydrogens (tertiary/aromatic N) is 2. The van der Waals surface area contributed by atoms with Crippen molar-refractivity contribution in [3.63, 3.8) is 0 Å². The SMILES string of the molecule is COc1ccccc1CCNC(=O)c1cc(NCc2ccccc2F)ncn1. The average molecular weight is 380 g/mol. The number of benzene rings is 2. The number of carbonyl (C=O) groups is 1. The fourth-order valence-electron chi connectivity index (χ4n) is 2.72. The third-order valence-electron chi connectivity index (χ3n) is 4.19. The molecule has 0 saturated heterocycles. The molecule has 6 nitrogen and oxygen atoms in total. The second-order valence-corrected chi connectivity index (χ2v) is 6.05. The maximum atomic E-state index is 13.7. The van der Waals surface area contributed by atoms with Crippen LogP contribution in [0.25, 0.3) is 0 Å². The van der Waals surface area contributed by atoms with Gasteiger partial charge in [-0.05, 0) is 24.1 Å². The molecule has 7 heteroatoms. The second-order valence-electron chi connectivity index (χ2n) is 6.05. The van der Waals surface area contributed by atoms with E-state index in [9.17, 15) is 9.18 Å². The summed E-state index contributed by atoms with van der Waals surface area (Å²) in [4.78, 5) is 20.4. The molecule has 0 aliphatic heterocycles. The molecule has 2 aromatic carbocycles. The molecule has 0 saturated carbocycles. The molecule has 28 heavy (non-hydrogen) atoms. The Labute approximate surface area is 162 Å². The maximum absolute atomic E-state index is 13.7. The Morgan fingerprint density at radius 2 is 1.82 bits per heavy atom. The van der Waals surface area contributed by atoms with E-state index in [-0.39, 0.29) is 24.0 Å². The Hall–Kier alpha value is -3.48. The Kier molecular flexibility index (Phi) is 6.51. The van der Waals surface area contributed by atoms with Gasteiger partial charge in [0.05, 0.1) is 7.11 Å². The molecule has 0 aliphatic carbocycles. The molecule has 144 valence electrons. The van der Waals surface area contributed by atoms with E-state index < -0.39 is 0 Å². The van der Waals surface area contributed by atoms with Gasteiger partial charge in [-0.2, -0.15) is 0 Å². The van der Waals surface area contributed by atoms with E-state index in [0.29, 0.717) is 24.3 Å². The number of hydrogen-bond donors (Lipinski definition) is 2. The normalized spacial score (nSPS) is 10.4. The van der Waals surface area contributed by atoms with E-state index in [1.54, 1.807) is 31.4 Å². The highest BCUT2D eigenvalue weighted by molar-refractivity contribution is 5.92. The van der Waals surface area contributed by atoms with Crippen LogP contribution in [0.2, 0.25) is 0 Å². The molecule has 0 atom stereocenters. The Balaban J connectivity index is 1.55. The van der Waals surface area contributed by atoms with Gasteiger partial charge in [-0.1, -0.05) is 36.4 Å². The molecule has 2 N–H and O–H groups in total. The minimum atomic E-state index is -0.300. The zero-order valence-electron chi connectivity index (χ0n) is 15.5. The highest BCUT2D eigenvalue weighted by Crippen LogP contribution is 2.17. The Morgan fingerprint density at radius 1 is 1.07 bits per heavy atom. The summed E-state index contributed by atoms with van der Waals surface area (Å²) >= 11 is 0. The third-order valence-corrected chi connectivity index (χ3v) is 4.19. The summed E-state index contributed by atoms with van der Waals surface area (Å²) in [6, 6.07) is 15.7. The van der Waals surface area contributed by atoms with Crippen molar-refractivity contribution in [1.29, 1.82) is 0 Å². The van der Waals surface area contributed by atoms with Crippen LogP contribution in [0.4, 0.5) is 10.2 Å². The number of rotatable bonds is 8. The molecule has 0 radical (unpaired) electrons. The summed E-state index contributed by atoms with van der Waals surface area (Å²) in [6.45, 7) is 0.708. The number of aromatic nitrogens is 2. The molecule has 3 aromatic rings. The van der Waals surface area contributed by atoms with Gasteiger partial charge in [-0.3, -0.25) is 4.79 Å². The van der Waals surface area contributed by atoms with Gasteiger partial charge in [0.1, 0.15) is 29.4 Å². The maximum Gasteiger partial charge on any atom is 0.270 e. The lowest BCUT2D eigenvalue weighted by atomic mass is 10.1. The van der Waals surface area contributed by atoms with E-state index in [2.05, 4.69) is 20.6 Å². The van der Waals surface area contributed by atoms with Crippen LogP contribution in [-0.2, 0) is 13.0 Å². The lowest BCUT2D eigenvalue weighted by molar-refractivity contribution is 0.0949. The van der Waals surface area contributed by atoms with Gasteiger partial charge in [0.25, 0.3) is 5.91 Å². The van der Waals surface area contributed by atoms with Crippen molar-refractivity contribution in [2.45, 2.75) is 13.0 Å². The Morgan fingerprint density at radius 3 is 2.61 bits per heavy atom. The van der Waals surface area contributed by atoms with Crippen LogP contribution >= 0.6 is 0 Å². The van der Waals surface area contributed by atoms with Crippen molar-refractivity contribution in [2.24, 2.45) is 0 Å². The number of amides is 1. The summed E-state index contributed by atoms with van der Waals surface area (Å²) in [5.41, 5.74) is 1.77. The lowest BCUT2D eigenvalue weighted by Crippen LogP contribution is -2.26. The van der Waals surface area contributed by atoms with Crippen LogP contribution in [0.5, 0.6) is 5.75 Å². The number of ether oxygens (including phenoxy) is 1. The van der Waals surface area contributed by atoms with Crippen molar-refractivity contribution in [3.05, 3.63) is 83.6 Å². The monoisotopic (exact) mass is 380 g/mol. The minimum absolute atomic E-state index is 0.242. The molecule has 1 heterocycles. The molecule has 0 bridgehead atoms. The second kappa shape index (κ2) is 9.45. The van der Waals surface area contributed by atoms with E-state index >= 15 is 0 Å². The standard InChI is InChI=1S/C21H21FN4O2/c1-28-19-9-5-3-6-15(19)10-11-23-21(27)18-12-20(26-14-25-18)24-13-16-7-2-4-8-17(16)22/h2-9,12,14H,10-11,13H2,1H3,(H,23,27)(H,24,25,26). The molecule has 1 aromatic heterocycles. The van der Waals surface area contributed by atoms with Gasteiger partial charge in [0.15, 0.2) is 0 Å². The number of para-hydroxylation sites is 1. The first-order chi connectivity index (χ1) is 13.7. The van der Waals surface area contributed by atoms with Crippen LogP contribution in [0.3, 0.4) is 0 Å². The summed E-state index contributed by atoms with van der Waals surface area (Å²) < 4.78 is 19.0. The Bertz CT molecular complexity index is 949. The number of anilines is 1. The first kappa shape index (κ1) is 19.3. The first-order valence-electron chi connectivity index (χ1n) is 8.87. The molecular weight excluding hydrogens is 359 g/mol. The zero-order valence-corrected chi connectivity index (χ0v) is 15.5. The quantitative estimate of drug-likeness (QED) is 0.628. The van der Waals surface area contributed by atoms with Crippen molar-refractivity contribution in [1.82, 2.24) is 15.3 Å². The van der Waals surface area contributed by atoms with Crippen LogP contribution < -0.4 is 15.4 Å². The summed E-state index contributed by atoms with van der Waals surface area (Å²) in [7, 11) is 1.62. The summed E-state index contributed by atoms with van der Waals surface area (Å²) in [5.74, 6) is 0.649. The smallest absolute Gasteiger partial charge is 0.270 e. The molecule has 0 fully saturated rings. The van der Waals surface area contributed by atoms with Crippen LogP contribution in [-0.4, -0.2) is 29.5 Å². The molecular formula is C21H21FN4O2. The fourth-order valence-corrected chi connectivity index (χ4v) is 2.72. The van der Waals surface area contributed by atoms with E-state index in [0.717, 1.165) is 11.3 Å². The highest BCUT2D eigenvalue weighted by atomic mass is 19.1. The molecule has 0 aliphatic rings. The van der Waals surface area contributed by atoms with Gasteiger partial charge >= 0.3 is 0 Å². The van der Waals surface area contributed by atoms with Gasteiger partial charge in [0.2, 0.25) is 0 Å². The minimum Gasteiger partial charge on any atom is -0.496 e. The van der Waals surface area contributed by atoms with E-state index in [4.69, 9.17) is 4.74 Å². The average Bonchev–Trinajstić information content (AvgIpc) is 2.73. The number of halogens is 1. The van der Waals surface area contributed by atoms with Crippen molar-refractivity contribution >= 4 is 11.7 Å². The topological polar surface area (TPSA) is 76.1 Å². The van der Waals surface area contributed by atoms with Crippen molar-refractivity contribution in [2.75, 3.05) is 19.0 Å². The van der Waals surface area contributed by atoms with Crippen LogP contribution in [0, 0.1) is 5.82 Å². The van der Waals surface area contributed by atoms with Gasteiger partial charge in [-0.25, -0.2) is 14.4 Å². The molecule has 0 unspecified atom stereocenters. The largest absolute Gasteiger partial charge is 0.496 e. The van der Waals surface area contributed by atoms with Crippen LogP contribution in [0.15, 0.2) is 60.9 Å². The van der Waals surface area contributed by atoms with Gasteiger partial charge in [0, 0.05) is 24.7 Å². The van der Waals surface area contributed by atoms with Crippen molar-refractivity contribution in [3.8, 4) is 5.75 Å². The van der Waals surface area contributed by atoms with Gasteiger partial charge in [-0.15, -0.1) is 0 Å². The highest BCUT2D eigenvalue weighted by Gasteiger charge is 2.10. The molecule has 1 amide bonds. The van der Waals surface area contributed by atoms with E-state index in [1.165, 1.54) is 12.4 Å². The number of nitrogens with one attached hydrogen (secondary N) is 2. The summed E-state index contributed by atoms with van der Waals surface area (Å²) in [6.07, 6.45) is 1.94. The summed E-state index contributed by atoms with van der Waals surface area (Å²) in [5, 5.41) is 5.84. The molecule has 0 spiro atoms. The fraction of sp³-hybridized carbons (Fsp3) is 0.190. The zero-order chi connectivity index (χ0) is 19.8. The molecule has 3 rings (SSSR count). The van der Waals surface area contributed by atoms with E-state index in [1.807, 2.05) is 24.3 Å². The number of methoxy groups -OCH3 is 1. The van der Waals surface area contributed by atoms with Crippen LogP contribution in [0.1, 0.15) is 21.6 Å². The number of hydrogen-bond acceptors (Lipinski definition) is 5. The lowest BCUT2D eigenvalue weighted by Gasteiger charge is -2.10. The third kappa shape index (κ3) is 5.03. The predicted octanol–water partition coefficient (Wildman–Crippen LogP) is 3.21. The van der Waals surface area contributed by atoms with Crippen molar-refractivity contribution < 1.29 is 13.9 Å². The van der Waals surface area contributed by atoms with Gasteiger partial charge < -0.3 is 15.4 Å².